The third kappa shape index (κ3) is 3.96. The van der Waals surface area contributed by atoms with Gasteiger partial charge >= 0.3 is 0 Å². The van der Waals surface area contributed by atoms with E-state index in [1.807, 2.05) is 0 Å². The van der Waals surface area contributed by atoms with Crippen LogP contribution >= 0.6 is 0 Å². The Morgan fingerprint density at radius 2 is 0.818 bits per heavy atom. The highest BCUT2D eigenvalue weighted by Crippen LogP contribution is 2.37. The molecule has 2 aromatic heterocycles. The first-order chi connectivity index (χ1) is 21.8. The fourth-order valence-corrected chi connectivity index (χ4v) is 6.75. The molecule has 0 atom stereocenters. The summed E-state index contributed by atoms with van der Waals surface area (Å²) in [6.45, 7) is 0. The van der Waals surface area contributed by atoms with E-state index >= 15 is 0 Å². The predicted octanol–water partition coefficient (Wildman–Crippen LogP) is 11.4. The second-order valence-electron chi connectivity index (χ2n) is 11.5. The van der Waals surface area contributed by atoms with E-state index < -0.39 is 0 Å². The number of fused-ring (bicyclic) bond motifs is 6. The van der Waals surface area contributed by atoms with E-state index in [0.717, 1.165) is 5.69 Å². The van der Waals surface area contributed by atoms with Crippen molar-refractivity contribution in [2.75, 3.05) is 0 Å². The van der Waals surface area contributed by atoms with Crippen molar-refractivity contribution in [1.29, 1.82) is 0 Å². The highest BCUT2D eigenvalue weighted by molar-refractivity contribution is 6.11. The number of hydrogen-bond acceptors (Lipinski definition) is 0. The summed E-state index contributed by atoms with van der Waals surface area (Å²) in [5.41, 5.74) is 13.3. The van der Waals surface area contributed by atoms with Crippen LogP contribution in [0.1, 0.15) is 0 Å². The minimum atomic E-state index is 1.16. The van der Waals surface area contributed by atoms with Crippen molar-refractivity contribution < 1.29 is 0 Å². The van der Waals surface area contributed by atoms with Gasteiger partial charge in [0.05, 0.1) is 11.0 Å². The van der Waals surface area contributed by atoms with Crippen LogP contribution in [0.5, 0.6) is 0 Å². The smallest absolute Gasteiger partial charge is 0.0541 e. The molecule has 0 aliphatic rings. The average molecular weight is 561 g/mol. The molecule has 1 N–H and O–H groups in total. The Kier molecular flexibility index (Phi) is 5.54. The van der Waals surface area contributed by atoms with Gasteiger partial charge in [0.1, 0.15) is 0 Å². The van der Waals surface area contributed by atoms with Crippen LogP contribution in [0.15, 0.2) is 164 Å². The van der Waals surface area contributed by atoms with Gasteiger partial charge in [-0.1, -0.05) is 115 Å². The summed E-state index contributed by atoms with van der Waals surface area (Å²) in [7, 11) is 0. The van der Waals surface area contributed by atoms with Gasteiger partial charge in [-0.15, -0.1) is 0 Å². The van der Waals surface area contributed by atoms with Crippen LogP contribution < -0.4 is 0 Å². The normalized spacial score (nSPS) is 11.6. The van der Waals surface area contributed by atoms with Crippen molar-refractivity contribution in [3.05, 3.63) is 164 Å². The van der Waals surface area contributed by atoms with E-state index in [1.54, 1.807) is 0 Å². The fourth-order valence-electron chi connectivity index (χ4n) is 6.75. The first kappa shape index (κ1) is 24.7. The third-order valence-electron chi connectivity index (χ3n) is 8.96. The van der Waals surface area contributed by atoms with E-state index in [4.69, 9.17) is 0 Å². The molecule has 0 unspecified atom stereocenters. The standard InChI is InChI=1S/C42H28N2/c1-2-8-28(9-3-1)29-14-16-30(17-15-29)31-18-22-34(23-19-31)44-41-13-7-5-11-36(41)38-27-33(21-25-42(38)44)32-20-24-40-37(26-32)35-10-4-6-12-39(35)43-40/h1-27,43H. The summed E-state index contributed by atoms with van der Waals surface area (Å²) in [5.74, 6) is 0. The van der Waals surface area contributed by atoms with E-state index in [2.05, 4.69) is 173 Å². The Bertz CT molecular complexity index is 2460. The number of aromatic nitrogens is 2. The molecule has 0 bridgehead atoms. The van der Waals surface area contributed by atoms with Crippen LogP contribution in [-0.2, 0) is 0 Å². The van der Waals surface area contributed by atoms with Crippen LogP contribution in [0.4, 0.5) is 0 Å². The monoisotopic (exact) mass is 560 g/mol. The number of rotatable bonds is 4. The Morgan fingerprint density at radius 3 is 1.57 bits per heavy atom. The molecule has 0 saturated carbocycles. The van der Waals surface area contributed by atoms with Crippen molar-refractivity contribution in [3.63, 3.8) is 0 Å². The van der Waals surface area contributed by atoms with Crippen LogP contribution in [0.2, 0.25) is 0 Å². The van der Waals surface area contributed by atoms with Crippen LogP contribution in [0, 0.1) is 0 Å². The summed E-state index contributed by atoms with van der Waals surface area (Å²) in [6, 6.07) is 59.2. The molecule has 0 fully saturated rings. The Morgan fingerprint density at radius 1 is 0.318 bits per heavy atom. The van der Waals surface area contributed by atoms with Crippen molar-refractivity contribution >= 4 is 43.6 Å². The van der Waals surface area contributed by atoms with E-state index in [-0.39, 0.29) is 0 Å². The lowest BCUT2D eigenvalue weighted by Crippen LogP contribution is -1.93. The minimum Gasteiger partial charge on any atom is -0.355 e. The van der Waals surface area contributed by atoms with E-state index in [9.17, 15) is 0 Å². The van der Waals surface area contributed by atoms with E-state index in [0.29, 0.717) is 0 Å². The first-order valence-corrected chi connectivity index (χ1v) is 15.1. The molecule has 0 amide bonds. The molecule has 206 valence electrons. The van der Waals surface area contributed by atoms with E-state index in [1.165, 1.54) is 77.0 Å². The Labute approximate surface area is 255 Å². The van der Waals surface area contributed by atoms with Crippen molar-refractivity contribution in [2.45, 2.75) is 0 Å². The number of nitrogens with one attached hydrogen (secondary N) is 1. The topological polar surface area (TPSA) is 20.7 Å². The Hall–Kier alpha value is -5.86. The molecule has 44 heavy (non-hydrogen) atoms. The molecule has 9 aromatic rings. The molecular weight excluding hydrogens is 532 g/mol. The van der Waals surface area contributed by atoms with Gasteiger partial charge in [0.2, 0.25) is 0 Å². The number of aromatic amines is 1. The van der Waals surface area contributed by atoms with Gasteiger partial charge in [0.15, 0.2) is 0 Å². The number of benzene rings is 7. The molecule has 0 spiro atoms. The summed E-state index contributed by atoms with van der Waals surface area (Å²) in [4.78, 5) is 3.55. The first-order valence-electron chi connectivity index (χ1n) is 15.1. The maximum absolute atomic E-state index is 3.55. The number of hydrogen-bond donors (Lipinski definition) is 1. The van der Waals surface area contributed by atoms with Gasteiger partial charge in [0.25, 0.3) is 0 Å². The quantitative estimate of drug-likeness (QED) is 0.221. The molecule has 7 aromatic carbocycles. The van der Waals surface area contributed by atoms with Crippen LogP contribution in [-0.4, -0.2) is 9.55 Å². The number of para-hydroxylation sites is 2. The van der Waals surface area contributed by atoms with Gasteiger partial charge in [0, 0.05) is 38.3 Å². The summed E-state index contributed by atoms with van der Waals surface area (Å²) >= 11 is 0. The second kappa shape index (κ2) is 9.86. The fraction of sp³-hybridized carbons (Fsp3) is 0. The van der Waals surface area contributed by atoms with Crippen molar-refractivity contribution in [3.8, 4) is 39.1 Å². The largest absolute Gasteiger partial charge is 0.355 e. The second-order valence-corrected chi connectivity index (χ2v) is 11.5. The van der Waals surface area contributed by atoms with Crippen molar-refractivity contribution in [2.24, 2.45) is 0 Å². The molecule has 0 aliphatic heterocycles. The third-order valence-corrected chi connectivity index (χ3v) is 8.96. The molecule has 2 heteroatoms. The molecule has 9 rings (SSSR count). The maximum Gasteiger partial charge on any atom is 0.0541 e. The molecular formula is C42H28N2. The van der Waals surface area contributed by atoms with Gasteiger partial charge in [-0.05, 0) is 81.9 Å². The van der Waals surface area contributed by atoms with Crippen molar-refractivity contribution in [1.82, 2.24) is 9.55 Å². The summed E-state index contributed by atoms with van der Waals surface area (Å²) in [6.07, 6.45) is 0. The van der Waals surface area contributed by atoms with Gasteiger partial charge in [-0.3, -0.25) is 0 Å². The lowest BCUT2D eigenvalue weighted by Gasteiger charge is -2.10. The lowest BCUT2D eigenvalue weighted by molar-refractivity contribution is 1.18. The number of nitrogens with zero attached hydrogens (tertiary/aromatic N) is 1. The zero-order chi connectivity index (χ0) is 29.0. The molecule has 0 radical (unpaired) electrons. The Balaban J connectivity index is 1.11. The zero-order valence-electron chi connectivity index (χ0n) is 24.0. The number of H-pyrrole nitrogens is 1. The predicted molar refractivity (Wildman–Crippen MR) is 186 cm³/mol. The van der Waals surface area contributed by atoms with Crippen LogP contribution in [0.25, 0.3) is 82.7 Å². The van der Waals surface area contributed by atoms with Gasteiger partial charge in [-0.2, -0.15) is 0 Å². The van der Waals surface area contributed by atoms with Gasteiger partial charge in [-0.25, -0.2) is 0 Å². The summed E-state index contributed by atoms with van der Waals surface area (Å²) in [5, 5.41) is 5.05. The molecule has 0 aliphatic carbocycles. The molecule has 2 nitrogen and oxygen atoms in total. The van der Waals surface area contributed by atoms with Gasteiger partial charge < -0.3 is 9.55 Å². The van der Waals surface area contributed by atoms with Crippen LogP contribution in [0.3, 0.4) is 0 Å². The SMILES string of the molecule is c1ccc(-c2ccc(-c3ccc(-n4c5ccccc5c5cc(-c6ccc7[nH]c8ccccc8c7c6)ccc54)cc3)cc2)cc1. The molecule has 0 saturated heterocycles. The lowest BCUT2D eigenvalue weighted by atomic mass is 10.00. The zero-order valence-corrected chi connectivity index (χ0v) is 24.0. The molecule has 2 heterocycles. The maximum atomic E-state index is 3.55. The highest BCUT2D eigenvalue weighted by Gasteiger charge is 2.14. The highest BCUT2D eigenvalue weighted by atomic mass is 15.0. The summed E-state index contributed by atoms with van der Waals surface area (Å²) < 4.78 is 2.39. The average Bonchev–Trinajstić information content (AvgIpc) is 3.64. The minimum absolute atomic E-state index is 1.16.